The van der Waals surface area contributed by atoms with Gasteiger partial charge in [0.15, 0.2) is 0 Å². The minimum atomic E-state index is -0.178. The van der Waals surface area contributed by atoms with Crippen molar-refractivity contribution in [1.29, 1.82) is 5.26 Å². The van der Waals surface area contributed by atoms with Crippen LogP contribution in [0, 0.1) is 11.3 Å². The van der Waals surface area contributed by atoms with Crippen LogP contribution >= 0.6 is 0 Å². The second-order valence-corrected chi connectivity index (χ2v) is 7.41. The summed E-state index contributed by atoms with van der Waals surface area (Å²) in [5.74, 6) is -0.178. The van der Waals surface area contributed by atoms with Crippen LogP contribution in [0.15, 0.2) is 36.4 Å². The van der Waals surface area contributed by atoms with Crippen molar-refractivity contribution in [3.8, 4) is 6.07 Å². The van der Waals surface area contributed by atoms with Crippen LogP contribution in [0.2, 0.25) is 0 Å². The van der Waals surface area contributed by atoms with Crippen LogP contribution in [-0.4, -0.2) is 54.6 Å². The monoisotopic (exact) mass is 379 g/mol. The van der Waals surface area contributed by atoms with E-state index in [1.165, 1.54) is 11.1 Å². The Hall–Kier alpha value is -2.42. The van der Waals surface area contributed by atoms with Crippen LogP contribution in [-0.2, 0) is 22.5 Å². The molecule has 5 heteroatoms. The lowest BCUT2D eigenvalue weighted by Gasteiger charge is -2.33. The zero-order valence-electron chi connectivity index (χ0n) is 16.7. The highest BCUT2D eigenvalue weighted by Gasteiger charge is 2.26. The fraction of sp³-hybridized carbons (Fsp3) is 0.478. The van der Waals surface area contributed by atoms with Crippen LogP contribution in [0.1, 0.15) is 36.5 Å². The molecule has 1 amide bonds. The van der Waals surface area contributed by atoms with Crippen molar-refractivity contribution < 1.29 is 9.53 Å². The first-order valence-electron chi connectivity index (χ1n) is 10.1. The van der Waals surface area contributed by atoms with E-state index in [0.717, 1.165) is 44.5 Å². The average Bonchev–Trinajstić information content (AvgIpc) is 2.73. The Kier molecular flexibility index (Phi) is 7.02. The van der Waals surface area contributed by atoms with Crippen molar-refractivity contribution in [1.82, 2.24) is 9.80 Å². The molecule has 2 aliphatic heterocycles. The van der Waals surface area contributed by atoms with Crippen LogP contribution in [0.25, 0.3) is 6.08 Å². The Morgan fingerprint density at radius 2 is 2.18 bits per heavy atom. The molecule has 0 saturated carbocycles. The standard InChI is InChI=1S/C23H29N3O2/c1-3-10-25-11-7-19-6-5-18(15-21(19)17-25)14-20(16-24)23(27)26(4-2)22-8-12-28-13-9-22/h3,5-6,14-15,22H,1,4,7-13,17H2,2H3/b20-14+. The van der Waals surface area contributed by atoms with Gasteiger partial charge >= 0.3 is 0 Å². The topological polar surface area (TPSA) is 56.6 Å². The number of hydrogen-bond donors (Lipinski definition) is 0. The second kappa shape index (κ2) is 9.68. The van der Waals surface area contributed by atoms with E-state index in [9.17, 15) is 10.1 Å². The molecule has 1 fully saturated rings. The molecule has 1 aromatic rings. The van der Waals surface area contributed by atoms with Gasteiger partial charge < -0.3 is 9.64 Å². The third-order valence-corrected chi connectivity index (χ3v) is 5.60. The van der Waals surface area contributed by atoms with E-state index in [-0.39, 0.29) is 17.5 Å². The lowest BCUT2D eigenvalue weighted by molar-refractivity contribution is -0.130. The highest BCUT2D eigenvalue weighted by molar-refractivity contribution is 6.01. The number of nitrogens with zero attached hydrogens (tertiary/aromatic N) is 3. The number of carbonyl (C=O) groups excluding carboxylic acids is 1. The minimum Gasteiger partial charge on any atom is -0.381 e. The first-order valence-corrected chi connectivity index (χ1v) is 10.1. The summed E-state index contributed by atoms with van der Waals surface area (Å²) in [5, 5.41) is 9.64. The highest BCUT2D eigenvalue weighted by Crippen LogP contribution is 2.23. The normalized spacial score (nSPS) is 18.2. The summed E-state index contributed by atoms with van der Waals surface area (Å²) >= 11 is 0. The van der Waals surface area contributed by atoms with Gasteiger partial charge in [-0.3, -0.25) is 9.69 Å². The number of benzene rings is 1. The molecule has 0 aromatic heterocycles. The fourth-order valence-electron chi connectivity index (χ4n) is 4.09. The molecule has 0 unspecified atom stereocenters. The van der Waals surface area contributed by atoms with Crippen molar-refractivity contribution in [3.63, 3.8) is 0 Å². The largest absolute Gasteiger partial charge is 0.381 e. The smallest absolute Gasteiger partial charge is 0.264 e. The van der Waals surface area contributed by atoms with Gasteiger partial charge in [0.2, 0.25) is 0 Å². The Morgan fingerprint density at radius 1 is 1.39 bits per heavy atom. The molecule has 0 N–H and O–H groups in total. The molecule has 2 heterocycles. The molecule has 0 radical (unpaired) electrons. The summed E-state index contributed by atoms with van der Waals surface area (Å²) in [6.07, 6.45) is 6.34. The fourth-order valence-corrected chi connectivity index (χ4v) is 4.09. The van der Waals surface area contributed by atoms with Gasteiger partial charge in [0.25, 0.3) is 5.91 Å². The number of amides is 1. The Bertz CT molecular complexity index is 788. The Morgan fingerprint density at radius 3 is 2.86 bits per heavy atom. The van der Waals surface area contributed by atoms with Gasteiger partial charge in [-0.15, -0.1) is 6.58 Å². The molecule has 0 aliphatic carbocycles. The molecular weight excluding hydrogens is 350 g/mol. The number of ether oxygens (including phenoxy) is 1. The second-order valence-electron chi connectivity index (χ2n) is 7.41. The molecule has 0 bridgehead atoms. The number of fused-ring (bicyclic) bond motifs is 1. The van der Waals surface area contributed by atoms with Crippen LogP contribution in [0.3, 0.4) is 0 Å². The van der Waals surface area contributed by atoms with E-state index >= 15 is 0 Å². The van der Waals surface area contributed by atoms with Gasteiger partial charge in [-0.2, -0.15) is 5.26 Å². The highest BCUT2D eigenvalue weighted by atomic mass is 16.5. The van der Waals surface area contributed by atoms with Crippen LogP contribution < -0.4 is 0 Å². The number of carbonyl (C=O) groups is 1. The van der Waals surface area contributed by atoms with Gasteiger partial charge in [-0.05, 0) is 49.0 Å². The molecule has 148 valence electrons. The predicted octanol–water partition coefficient (Wildman–Crippen LogP) is 3.17. The van der Waals surface area contributed by atoms with Gasteiger partial charge in [0, 0.05) is 45.4 Å². The quantitative estimate of drug-likeness (QED) is 0.433. The van der Waals surface area contributed by atoms with E-state index in [0.29, 0.717) is 19.8 Å². The van der Waals surface area contributed by atoms with Gasteiger partial charge in [-0.1, -0.05) is 24.3 Å². The van der Waals surface area contributed by atoms with E-state index in [4.69, 9.17) is 4.74 Å². The maximum Gasteiger partial charge on any atom is 0.264 e. The summed E-state index contributed by atoms with van der Waals surface area (Å²) < 4.78 is 5.41. The maximum absolute atomic E-state index is 13.0. The molecule has 0 atom stereocenters. The molecule has 2 aliphatic rings. The van der Waals surface area contributed by atoms with Crippen molar-refractivity contribution in [2.75, 3.05) is 32.8 Å². The lowest BCUT2D eigenvalue weighted by Crippen LogP contribution is -2.43. The molecular formula is C23H29N3O2. The Balaban J connectivity index is 1.80. The lowest BCUT2D eigenvalue weighted by atomic mass is 9.96. The summed E-state index contributed by atoms with van der Waals surface area (Å²) in [6, 6.07) is 8.53. The summed E-state index contributed by atoms with van der Waals surface area (Å²) in [5.41, 5.74) is 3.72. The van der Waals surface area contributed by atoms with E-state index in [1.54, 1.807) is 6.08 Å². The van der Waals surface area contributed by atoms with Crippen molar-refractivity contribution >= 4 is 12.0 Å². The molecule has 0 spiro atoms. The molecule has 3 rings (SSSR count). The third kappa shape index (κ3) is 4.70. The first-order chi connectivity index (χ1) is 13.7. The average molecular weight is 380 g/mol. The first kappa shape index (κ1) is 20.3. The van der Waals surface area contributed by atoms with Crippen LogP contribution in [0.5, 0.6) is 0 Å². The zero-order valence-corrected chi connectivity index (χ0v) is 16.7. The summed E-state index contributed by atoms with van der Waals surface area (Å²) in [4.78, 5) is 17.2. The molecule has 1 aromatic carbocycles. The number of rotatable bonds is 6. The van der Waals surface area contributed by atoms with Crippen molar-refractivity contribution in [2.24, 2.45) is 0 Å². The Labute approximate surface area is 167 Å². The minimum absolute atomic E-state index is 0.152. The zero-order chi connectivity index (χ0) is 19.9. The number of nitriles is 1. The van der Waals surface area contributed by atoms with E-state index in [1.807, 2.05) is 24.0 Å². The summed E-state index contributed by atoms with van der Waals surface area (Å²) in [6.45, 7) is 10.5. The molecule has 28 heavy (non-hydrogen) atoms. The van der Waals surface area contributed by atoms with Crippen LogP contribution in [0.4, 0.5) is 0 Å². The SMILES string of the molecule is C=CCN1CCc2ccc(/C=C(\C#N)C(=O)N(CC)C3CCOCC3)cc2C1. The molecule has 5 nitrogen and oxygen atoms in total. The van der Waals surface area contributed by atoms with E-state index in [2.05, 4.69) is 29.7 Å². The number of likely N-dealkylation sites (N-methyl/N-ethyl adjacent to an activating group) is 1. The number of hydrogen-bond acceptors (Lipinski definition) is 4. The van der Waals surface area contributed by atoms with Gasteiger partial charge in [0.05, 0.1) is 0 Å². The maximum atomic E-state index is 13.0. The molecule has 1 saturated heterocycles. The third-order valence-electron chi connectivity index (χ3n) is 5.60. The summed E-state index contributed by atoms with van der Waals surface area (Å²) in [7, 11) is 0. The van der Waals surface area contributed by atoms with E-state index < -0.39 is 0 Å². The van der Waals surface area contributed by atoms with Crippen molar-refractivity contribution in [3.05, 3.63) is 53.1 Å². The van der Waals surface area contributed by atoms with Crippen molar-refractivity contribution in [2.45, 2.75) is 38.8 Å². The predicted molar refractivity (Wildman–Crippen MR) is 110 cm³/mol. The van der Waals surface area contributed by atoms with Gasteiger partial charge in [-0.25, -0.2) is 0 Å². The van der Waals surface area contributed by atoms with Gasteiger partial charge in [0.1, 0.15) is 11.6 Å².